The topological polar surface area (TPSA) is 55.6 Å². The van der Waals surface area contributed by atoms with Gasteiger partial charge in [-0.25, -0.2) is 9.78 Å². The normalized spacial score (nSPS) is 11.6. The fraction of sp³-hybridized carbons (Fsp3) is 0.385. The van der Waals surface area contributed by atoms with E-state index in [1.807, 2.05) is 43.5 Å². The highest BCUT2D eigenvalue weighted by Crippen LogP contribution is 2.13. The molecule has 0 saturated heterocycles. The van der Waals surface area contributed by atoms with Crippen LogP contribution < -0.4 is 5.32 Å². The number of aromatic nitrogens is 2. The Labute approximate surface area is 120 Å². The summed E-state index contributed by atoms with van der Waals surface area (Å²) < 4.78 is 8.06. The molecule has 0 atom stereocenters. The van der Waals surface area contributed by atoms with E-state index in [0.717, 1.165) is 15.8 Å². The minimum Gasteiger partial charge on any atom is -0.444 e. The molecular weight excluding hydrogens is 310 g/mol. The van der Waals surface area contributed by atoms with Gasteiger partial charge in [0.05, 0.1) is 18.4 Å². The van der Waals surface area contributed by atoms with Gasteiger partial charge < -0.3 is 14.5 Å². The first-order valence-electron chi connectivity index (χ1n) is 5.93. The maximum absolute atomic E-state index is 11.6. The molecule has 1 amide bonds. The number of hydrogen-bond donors (Lipinski definition) is 1. The predicted molar refractivity (Wildman–Crippen MR) is 76.0 cm³/mol. The molecule has 0 saturated carbocycles. The van der Waals surface area contributed by atoms with Crippen LogP contribution in [-0.2, 0) is 11.3 Å². The number of halogens is 1. The van der Waals surface area contributed by atoms with E-state index in [1.165, 1.54) is 0 Å². The van der Waals surface area contributed by atoms with E-state index in [0.29, 0.717) is 6.54 Å². The summed E-state index contributed by atoms with van der Waals surface area (Å²) in [5, 5.41) is 2.72. The number of alkyl carbamates (subject to hydrolysis) is 1. The molecule has 0 radical (unpaired) electrons. The van der Waals surface area contributed by atoms with Crippen LogP contribution >= 0.6 is 15.9 Å². The Kier molecular flexibility index (Phi) is 3.80. The Hall–Kier alpha value is -1.56. The van der Waals surface area contributed by atoms with Crippen molar-refractivity contribution in [2.75, 3.05) is 0 Å². The number of fused-ring (bicyclic) bond motifs is 1. The summed E-state index contributed by atoms with van der Waals surface area (Å²) in [6.45, 7) is 5.86. The summed E-state index contributed by atoms with van der Waals surface area (Å²) in [6.07, 6.45) is 3.21. The summed E-state index contributed by atoms with van der Waals surface area (Å²) in [6, 6.07) is 3.83. The zero-order valence-corrected chi connectivity index (χ0v) is 12.7. The largest absolute Gasteiger partial charge is 0.444 e. The second kappa shape index (κ2) is 5.21. The van der Waals surface area contributed by atoms with E-state index in [9.17, 15) is 4.79 Å². The van der Waals surface area contributed by atoms with Crippen molar-refractivity contribution in [3.63, 3.8) is 0 Å². The van der Waals surface area contributed by atoms with Crippen LogP contribution in [0, 0.1) is 0 Å². The molecule has 0 aromatic carbocycles. The first-order chi connectivity index (χ1) is 8.85. The highest BCUT2D eigenvalue weighted by atomic mass is 79.9. The van der Waals surface area contributed by atoms with Crippen molar-refractivity contribution < 1.29 is 9.53 Å². The summed E-state index contributed by atoms with van der Waals surface area (Å²) in [7, 11) is 0. The number of pyridine rings is 1. The van der Waals surface area contributed by atoms with Crippen LogP contribution in [0.15, 0.2) is 29.0 Å². The molecule has 102 valence electrons. The minimum absolute atomic E-state index is 0.368. The highest BCUT2D eigenvalue weighted by Gasteiger charge is 2.16. The quantitative estimate of drug-likeness (QED) is 0.922. The lowest BCUT2D eigenvalue weighted by Crippen LogP contribution is -2.32. The van der Waals surface area contributed by atoms with Gasteiger partial charge in [-0.2, -0.15) is 0 Å². The number of amides is 1. The Balaban J connectivity index is 2.06. The summed E-state index contributed by atoms with van der Waals surface area (Å²) >= 11 is 3.41. The number of rotatable bonds is 2. The molecule has 2 rings (SSSR count). The number of carbonyl (C=O) groups excluding carboxylic acids is 1. The van der Waals surface area contributed by atoms with Crippen LogP contribution in [0.3, 0.4) is 0 Å². The van der Waals surface area contributed by atoms with Gasteiger partial charge in [0, 0.05) is 10.7 Å². The number of carbonyl (C=O) groups is 1. The molecule has 1 N–H and O–H groups in total. The van der Waals surface area contributed by atoms with Crippen molar-refractivity contribution in [3.05, 3.63) is 34.7 Å². The van der Waals surface area contributed by atoms with Crippen molar-refractivity contribution in [1.29, 1.82) is 0 Å². The zero-order chi connectivity index (χ0) is 14.0. The van der Waals surface area contributed by atoms with E-state index in [2.05, 4.69) is 26.2 Å². The number of ether oxygens (including phenoxy) is 1. The van der Waals surface area contributed by atoms with Crippen LogP contribution in [0.2, 0.25) is 0 Å². The number of hydrogen-bond acceptors (Lipinski definition) is 3. The van der Waals surface area contributed by atoms with E-state index in [-0.39, 0.29) is 0 Å². The molecule has 19 heavy (non-hydrogen) atoms. The Morgan fingerprint density at radius 3 is 2.89 bits per heavy atom. The third-order valence-electron chi connectivity index (χ3n) is 2.36. The average molecular weight is 326 g/mol. The third-order valence-corrected chi connectivity index (χ3v) is 2.83. The molecule has 0 unspecified atom stereocenters. The van der Waals surface area contributed by atoms with Crippen molar-refractivity contribution in [2.45, 2.75) is 32.9 Å². The van der Waals surface area contributed by atoms with Gasteiger partial charge in [0.2, 0.25) is 0 Å². The Morgan fingerprint density at radius 1 is 1.47 bits per heavy atom. The van der Waals surface area contributed by atoms with Crippen LogP contribution in [0.25, 0.3) is 5.65 Å². The lowest BCUT2D eigenvalue weighted by atomic mass is 10.2. The zero-order valence-electron chi connectivity index (χ0n) is 11.1. The molecule has 2 aromatic rings. The summed E-state index contributed by atoms with van der Waals surface area (Å²) in [5.41, 5.74) is 1.23. The molecule has 6 heteroatoms. The molecular formula is C13H16BrN3O2. The third kappa shape index (κ3) is 3.70. The van der Waals surface area contributed by atoms with Crippen LogP contribution in [-0.4, -0.2) is 21.1 Å². The van der Waals surface area contributed by atoms with Gasteiger partial charge in [-0.3, -0.25) is 0 Å². The molecule has 0 bridgehead atoms. The van der Waals surface area contributed by atoms with Crippen LogP contribution in [0.1, 0.15) is 26.5 Å². The van der Waals surface area contributed by atoms with Crippen molar-refractivity contribution >= 4 is 27.7 Å². The van der Waals surface area contributed by atoms with Crippen molar-refractivity contribution in [3.8, 4) is 0 Å². The van der Waals surface area contributed by atoms with Gasteiger partial charge in [0.25, 0.3) is 0 Å². The van der Waals surface area contributed by atoms with Crippen molar-refractivity contribution in [1.82, 2.24) is 14.7 Å². The number of nitrogens with one attached hydrogen (secondary N) is 1. The SMILES string of the molecule is CC(C)(C)OC(=O)NCc1cnc2ccc(Br)cn12. The van der Waals surface area contributed by atoms with Gasteiger partial charge in [-0.1, -0.05) is 0 Å². The van der Waals surface area contributed by atoms with Gasteiger partial charge in [0.1, 0.15) is 11.2 Å². The fourth-order valence-electron chi connectivity index (χ4n) is 1.61. The van der Waals surface area contributed by atoms with Crippen molar-refractivity contribution in [2.24, 2.45) is 0 Å². The van der Waals surface area contributed by atoms with E-state index in [4.69, 9.17) is 4.74 Å². The first kappa shape index (κ1) is 13.9. The summed E-state index contributed by atoms with van der Waals surface area (Å²) in [4.78, 5) is 15.8. The van der Waals surface area contributed by atoms with Gasteiger partial charge in [-0.15, -0.1) is 0 Å². The molecule has 2 heterocycles. The number of imidazole rings is 1. The summed E-state index contributed by atoms with van der Waals surface area (Å²) in [5.74, 6) is 0. The molecule has 2 aromatic heterocycles. The molecule has 0 aliphatic carbocycles. The average Bonchev–Trinajstić information content (AvgIpc) is 2.66. The van der Waals surface area contributed by atoms with E-state index < -0.39 is 11.7 Å². The lowest BCUT2D eigenvalue weighted by Gasteiger charge is -2.19. The Bertz CT molecular complexity index is 601. The minimum atomic E-state index is -0.493. The molecule has 0 fully saturated rings. The lowest BCUT2D eigenvalue weighted by molar-refractivity contribution is 0.0523. The van der Waals surface area contributed by atoms with Gasteiger partial charge in [-0.05, 0) is 48.8 Å². The second-order valence-electron chi connectivity index (χ2n) is 5.18. The second-order valence-corrected chi connectivity index (χ2v) is 6.10. The van der Waals surface area contributed by atoms with Crippen LogP contribution in [0.4, 0.5) is 4.79 Å². The maximum atomic E-state index is 11.6. The van der Waals surface area contributed by atoms with Gasteiger partial charge in [0.15, 0.2) is 0 Å². The molecule has 5 nitrogen and oxygen atoms in total. The standard InChI is InChI=1S/C13H16BrN3O2/c1-13(2,3)19-12(18)16-7-10-6-15-11-5-4-9(14)8-17(10)11/h4-6,8H,7H2,1-3H3,(H,16,18). The molecule has 0 aliphatic rings. The number of nitrogens with zero attached hydrogens (tertiary/aromatic N) is 2. The molecule has 0 aliphatic heterocycles. The predicted octanol–water partition coefficient (Wildman–Crippen LogP) is 3.12. The smallest absolute Gasteiger partial charge is 0.407 e. The van der Waals surface area contributed by atoms with Crippen LogP contribution in [0.5, 0.6) is 0 Å². The van der Waals surface area contributed by atoms with Gasteiger partial charge >= 0.3 is 6.09 Å². The Morgan fingerprint density at radius 2 is 2.21 bits per heavy atom. The highest BCUT2D eigenvalue weighted by molar-refractivity contribution is 9.10. The maximum Gasteiger partial charge on any atom is 0.407 e. The fourth-order valence-corrected chi connectivity index (χ4v) is 1.95. The van der Waals surface area contributed by atoms with E-state index >= 15 is 0 Å². The first-order valence-corrected chi connectivity index (χ1v) is 6.73. The van der Waals surface area contributed by atoms with E-state index in [1.54, 1.807) is 6.20 Å². The molecule has 0 spiro atoms. The monoisotopic (exact) mass is 325 g/mol.